The van der Waals surface area contributed by atoms with Crippen LogP contribution in [0.1, 0.15) is 32.6 Å². The van der Waals surface area contributed by atoms with Crippen LogP contribution in [0.2, 0.25) is 0 Å². The minimum atomic E-state index is -0.255. The highest BCUT2D eigenvalue weighted by molar-refractivity contribution is 5.60. The average Bonchev–Trinajstić information content (AvgIpc) is 2.61. The number of rotatable bonds is 4. The summed E-state index contributed by atoms with van der Waals surface area (Å²) in [4.78, 5) is 16.5. The van der Waals surface area contributed by atoms with Crippen LogP contribution in [0, 0.1) is 5.41 Å². The Hall–Kier alpha value is -0.450. The molecule has 2 atom stereocenters. The molecule has 2 rings (SSSR count). The number of carbonyl (C=O) groups excluding carboxylic acids is 1. The Morgan fingerprint density at radius 3 is 2.84 bits per heavy atom. The number of hydrogen-bond donors (Lipinski definition) is 0. The van der Waals surface area contributed by atoms with Crippen LogP contribution in [-0.4, -0.2) is 68.6 Å². The number of nitrogens with zero attached hydrogens (tertiary/aromatic N) is 2. The molecule has 0 amide bonds. The number of carbonyl (C=O) groups is 1. The predicted molar refractivity (Wildman–Crippen MR) is 76.3 cm³/mol. The molecule has 0 spiro atoms. The van der Waals surface area contributed by atoms with Crippen LogP contribution in [0.3, 0.4) is 0 Å². The van der Waals surface area contributed by atoms with E-state index in [0.717, 1.165) is 58.3 Å². The topological polar surface area (TPSA) is 32.8 Å². The van der Waals surface area contributed by atoms with Gasteiger partial charge in [-0.05, 0) is 45.8 Å². The van der Waals surface area contributed by atoms with Crippen molar-refractivity contribution in [2.45, 2.75) is 38.6 Å². The number of aldehydes is 1. The van der Waals surface area contributed by atoms with E-state index in [-0.39, 0.29) is 5.41 Å². The van der Waals surface area contributed by atoms with Crippen molar-refractivity contribution in [3.8, 4) is 0 Å². The first-order valence-electron chi connectivity index (χ1n) is 7.66. The van der Waals surface area contributed by atoms with E-state index in [4.69, 9.17) is 4.74 Å². The van der Waals surface area contributed by atoms with Crippen molar-refractivity contribution in [2.75, 3.05) is 46.4 Å². The third-order valence-electron chi connectivity index (χ3n) is 4.62. The molecular weight excluding hydrogens is 240 g/mol. The molecule has 2 saturated heterocycles. The lowest BCUT2D eigenvalue weighted by molar-refractivity contribution is -0.126. The zero-order chi connectivity index (χ0) is 13.7. The fourth-order valence-electron chi connectivity index (χ4n) is 3.42. The summed E-state index contributed by atoms with van der Waals surface area (Å²) in [5.41, 5.74) is -0.255. The molecule has 0 aromatic rings. The van der Waals surface area contributed by atoms with Crippen LogP contribution >= 0.6 is 0 Å². The maximum atomic E-state index is 11.6. The first kappa shape index (κ1) is 14.9. The Morgan fingerprint density at radius 2 is 2.21 bits per heavy atom. The van der Waals surface area contributed by atoms with E-state index >= 15 is 0 Å². The molecule has 4 heteroatoms. The molecule has 0 aromatic carbocycles. The van der Waals surface area contributed by atoms with Gasteiger partial charge in [-0.3, -0.25) is 4.90 Å². The molecule has 2 heterocycles. The summed E-state index contributed by atoms with van der Waals surface area (Å²) >= 11 is 0. The van der Waals surface area contributed by atoms with Crippen LogP contribution in [0.15, 0.2) is 0 Å². The highest BCUT2D eigenvalue weighted by atomic mass is 16.5. The van der Waals surface area contributed by atoms with Crippen molar-refractivity contribution in [3.05, 3.63) is 0 Å². The predicted octanol–water partition coefficient (Wildman–Crippen LogP) is 1.40. The first-order valence-corrected chi connectivity index (χ1v) is 7.66. The monoisotopic (exact) mass is 268 g/mol. The van der Waals surface area contributed by atoms with Gasteiger partial charge in [-0.2, -0.15) is 0 Å². The maximum Gasteiger partial charge on any atom is 0.129 e. The van der Waals surface area contributed by atoms with Crippen molar-refractivity contribution in [3.63, 3.8) is 0 Å². The molecule has 2 unspecified atom stereocenters. The quantitative estimate of drug-likeness (QED) is 0.722. The maximum absolute atomic E-state index is 11.6. The summed E-state index contributed by atoms with van der Waals surface area (Å²) in [6.45, 7) is 7.95. The summed E-state index contributed by atoms with van der Waals surface area (Å²) < 4.78 is 5.57. The van der Waals surface area contributed by atoms with Crippen molar-refractivity contribution in [1.29, 1.82) is 0 Å². The van der Waals surface area contributed by atoms with E-state index in [1.54, 1.807) is 0 Å². The van der Waals surface area contributed by atoms with Crippen molar-refractivity contribution in [2.24, 2.45) is 5.41 Å². The molecule has 19 heavy (non-hydrogen) atoms. The molecule has 0 bridgehead atoms. The Bertz CT molecular complexity index is 290. The Morgan fingerprint density at radius 1 is 1.37 bits per heavy atom. The zero-order valence-electron chi connectivity index (χ0n) is 12.4. The summed E-state index contributed by atoms with van der Waals surface area (Å²) in [6, 6.07) is 0.575. The van der Waals surface area contributed by atoms with E-state index in [1.807, 2.05) is 0 Å². The zero-order valence-corrected chi connectivity index (χ0v) is 12.4. The molecule has 0 aromatic heterocycles. The van der Waals surface area contributed by atoms with Crippen LogP contribution in [0.25, 0.3) is 0 Å². The molecular formula is C15H28N2O2. The third kappa shape index (κ3) is 3.77. The van der Waals surface area contributed by atoms with Gasteiger partial charge in [0.15, 0.2) is 0 Å². The molecule has 2 aliphatic heterocycles. The van der Waals surface area contributed by atoms with Gasteiger partial charge in [-0.25, -0.2) is 0 Å². The van der Waals surface area contributed by atoms with Gasteiger partial charge in [0.05, 0.1) is 12.0 Å². The molecule has 4 nitrogen and oxygen atoms in total. The van der Waals surface area contributed by atoms with E-state index in [9.17, 15) is 4.79 Å². The normalized spacial score (nSPS) is 34.9. The van der Waals surface area contributed by atoms with Crippen molar-refractivity contribution in [1.82, 2.24) is 9.80 Å². The average molecular weight is 268 g/mol. The van der Waals surface area contributed by atoms with Crippen molar-refractivity contribution < 1.29 is 9.53 Å². The van der Waals surface area contributed by atoms with Crippen LogP contribution in [0.5, 0.6) is 0 Å². The van der Waals surface area contributed by atoms with E-state index in [0.29, 0.717) is 12.6 Å². The minimum absolute atomic E-state index is 0.255. The summed E-state index contributed by atoms with van der Waals surface area (Å²) in [5, 5.41) is 0. The molecule has 0 aliphatic carbocycles. The number of hydrogen-bond acceptors (Lipinski definition) is 4. The standard InChI is InChI=1S/C15H28N2O2/c1-3-14-10-16(2)7-5-8-17(14)11-15(12-18)6-4-9-19-13-15/h12,14H,3-11,13H2,1-2H3. The second kappa shape index (κ2) is 6.82. The fourth-order valence-corrected chi connectivity index (χ4v) is 3.42. The lowest BCUT2D eigenvalue weighted by Gasteiger charge is -2.39. The Kier molecular flexibility index (Phi) is 5.37. The van der Waals surface area contributed by atoms with E-state index in [1.165, 1.54) is 6.42 Å². The smallest absolute Gasteiger partial charge is 0.129 e. The van der Waals surface area contributed by atoms with Crippen LogP contribution < -0.4 is 0 Å². The molecule has 0 radical (unpaired) electrons. The summed E-state index contributed by atoms with van der Waals surface area (Å²) in [7, 11) is 2.20. The summed E-state index contributed by atoms with van der Waals surface area (Å²) in [6.07, 6.45) is 5.51. The van der Waals surface area contributed by atoms with Gasteiger partial charge in [-0.1, -0.05) is 6.92 Å². The molecule has 0 saturated carbocycles. The lowest BCUT2D eigenvalue weighted by atomic mass is 9.83. The highest BCUT2D eigenvalue weighted by Crippen LogP contribution is 2.29. The first-order chi connectivity index (χ1) is 9.19. The lowest BCUT2D eigenvalue weighted by Crippen LogP contribution is -2.49. The number of likely N-dealkylation sites (N-methyl/N-ethyl adjacent to an activating group) is 1. The second-order valence-electron chi connectivity index (χ2n) is 6.28. The van der Waals surface area contributed by atoms with Gasteiger partial charge in [0.25, 0.3) is 0 Å². The Labute approximate surface area is 117 Å². The van der Waals surface area contributed by atoms with Crippen LogP contribution in [0.4, 0.5) is 0 Å². The third-order valence-corrected chi connectivity index (χ3v) is 4.62. The number of ether oxygens (including phenoxy) is 1. The second-order valence-corrected chi connectivity index (χ2v) is 6.28. The van der Waals surface area contributed by atoms with E-state index < -0.39 is 0 Å². The molecule has 2 fully saturated rings. The molecule has 110 valence electrons. The Balaban J connectivity index is 2.03. The molecule has 2 aliphatic rings. The van der Waals surface area contributed by atoms with Gasteiger partial charge < -0.3 is 14.4 Å². The van der Waals surface area contributed by atoms with Gasteiger partial charge in [0.2, 0.25) is 0 Å². The van der Waals surface area contributed by atoms with Crippen LogP contribution in [-0.2, 0) is 9.53 Å². The minimum Gasteiger partial charge on any atom is -0.380 e. The van der Waals surface area contributed by atoms with E-state index in [2.05, 4.69) is 23.8 Å². The largest absolute Gasteiger partial charge is 0.380 e. The van der Waals surface area contributed by atoms with Gasteiger partial charge in [0, 0.05) is 25.7 Å². The fraction of sp³-hybridized carbons (Fsp3) is 0.933. The SMILES string of the molecule is CCC1CN(C)CCCN1CC1(C=O)CCCOC1. The van der Waals surface area contributed by atoms with Gasteiger partial charge in [0.1, 0.15) is 6.29 Å². The van der Waals surface area contributed by atoms with Crippen molar-refractivity contribution >= 4 is 6.29 Å². The highest BCUT2D eigenvalue weighted by Gasteiger charge is 2.36. The molecule has 0 N–H and O–H groups in total. The van der Waals surface area contributed by atoms with Gasteiger partial charge >= 0.3 is 0 Å². The van der Waals surface area contributed by atoms with Gasteiger partial charge in [-0.15, -0.1) is 0 Å². The summed E-state index contributed by atoms with van der Waals surface area (Å²) in [5.74, 6) is 0.